The fourth-order valence-corrected chi connectivity index (χ4v) is 4.00. The van der Waals surface area contributed by atoms with E-state index >= 15 is 0 Å². The zero-order valence-electron chi connectivity index (χ0n) is 19.1. The minimum atomic E-state index is -1.11. The highest BCUT2D eigenvalue weighted by Gasteiger charge is 2.17. The number of piperidine rings is 1. The number of fused-ring (bicyclic) bond motifs is 1. The number of likely N-dealkylation sites (tertiary alicyclic amines) is 1. The van der Waals surface area contributed by atoms with E-state index in [2.05, 4.69) is 44.4 Å². The van der Waals surface area contributed by atoms with Gasteiger partial charge in [0.15, 0.2) is 5.65 Å². The molecule has 0 radical (unpaired) electrons. The third-order valence-electron chi connectivity index (χ3n) is 5.78. The van der Waals surface area contributed by atoms with Crippen molar-refractivity contribution in [2.45, 2.75) is 45.6 Å². The van der Waals surface area contributed by atoms with Gasteiger partial charge in [0.2, 0.25) is 5.95 Å². The van der Waals surface area contributed by atoms with Crippen LogP contribution in [0.2, 0.25) is 0 Å². The molecule has 0 atom stereocenters. The van der Waals surface area contributed by atoms with E-state index in [-0.39, 0.29) is 5.92 Å². The summed E-state index contributed by atoms with van der Waals surface area (Å²) in [6, 6.07) is 7.53. The molecule has 4 rings (SSSR count). The number of benzene rings is 1. The van der Waals surface area contributed by atoms with Crippen LogP contribution in [-0.2, 0) is 6.54 Å². The maximum atomic E-state index is 11.1. The topological polar surface area (TPSA) is 117 Å². The maximum Gasteiger partial charge on any atom is 0.409 e. The van der Waals surface area contributed by atoms with E-state index in [0.717, 1.165) is 30.8 Å². The molecule has 1 aliphatic heterocycles. The van der Waals surface area contributed by atoms with Gasteiger partial charge in [0, 0.05) is 24.3 Å². The van der Waals surface area contributed by atoms with Gasteiger partial charge < -0.3 is 15.2 Å². The van der Waals surface area contributed by atoms with Gasteiger partial charge >= 0.3 is 12.1 Å². The van der Waals surface area contributed by atoms with Gasteiger partial charge in [-0.15, -0.1) is 0 Å². The lowest BCUT2D eigenvalue weighted by Crippen LogP contribution is -2.33. The number of hydrogen-bond donors (Lipinski definition) is 3. The molecule has 10 heteroatoms. The Balaban J connectivity index is 1.54. The highest BCUT2D eigenvalue weighted by Crippen LogP contribution is 2.24. The van der Waals surface area contributed by atoms with E-state index in [1.165, 1.54) is 19.3 Å². The SMILES string of the molecule is CC(C)c1cnn2c(NCc3ccccc3NC(=O)O)nc(OCCN3CCCCC3)nc12. The summed E-state index contributed by atoms with van der Waals surface area (Å²) in [4.78, 5) is 22.7. The average Bonchev–Trinajstić information content (AvgIpc) is 3.23. The van der Waals surface area contributed by atoms with Crippen LogP contribution in [0.4, 0.5) is 16.4 Å². The summed E-state index contributed by atoms with van der Waals surface area (Å²) in [5.74, 6) is 0.733. The predicted molar refractivity (Wildman–Crippen MR) is 126 cm³/mol. The van der Waals surface area contributed by atoms with Gasteiger partial charge in [-0.3, -0.25) is 10.2 Å². The smallest absolute Gasteiger partial charge is 0.409 e. The molecule has 3 N–H and O–H groups in total. The Morgan fingerprint density at radius 2 is 1.97 bits per heavy atom. The van der Waals surface area contributed by atoms with Gasteiger partial charge in [-0.05, 0) is 43.5 Å². The van der Waals surface area contributed by atoms with Crippen molar-refractivity contribution in [2.75, 3.05) is 36.9 Å². The van der Waals surface area contributed by atoms with Crippen LogP contribution in [0, 0.1) is 0 Å². The Morgan fingerprint density at radius 1 is 1.18 bits per heavy atom. The largest absolute Gasteiger partial charge is 0.465 e. The zero-order chi connectivity index (χ0) is 23.2. The summed E-state index contributed by atoms with van der Waals surface area (Å²) >= 11 is 0. The summed E-state index contributed by atoms with van der Waals surface area (Å²) in [6.45, 7) is 8.13. The molecule has 0 saturated carbocycles. The third kappa shape index (κ3) is 5.70. The molecule has 1 fully saturated rings. The molecule has 0 aliphatic carbocycles. The van der Waals surface area contributed by atoms with Crippen molar-refractivity contribution >= 4 is 23.4 Å². The van der Waals surface area contributed by atoms with Crippen LogP contribution < -0.4 is 15.4 Å². The van der Waals surface area contributed by atoms with E-state index in [4.69, 9.17) is 9.84 Å². The van der Waals surface area contributed by atoms with Crippen molar-refractivity contribution < 1.29 is 14.6 Å². The summed E-state index contributed by atoms with van der Waals surface area (Å²) in [7, 11) is 0. The Hall–Kier alpha value is -3.40. The number of aromatic nitrogens is 4. The molecular formula is C23H31N7O3. The Morgan fingerprint density at radius 3 is 2.73 bits per heavy atom. The molecule has 3 heterocycles. The first kappa shape index (κ1) is 22.8. The number of carboxylic acid groups (broad SMARTS) is 1. The first-order valence-electron chi connectivity index (χ1n) is 11.4. The van der Waals surface area contributed by atoms with Crippen molar-refractivity contribution in [3.8, 4) is 6.01 Å². The minimum Gasteiger partial charge on any atom is -0.465 e. The number of para-hydroxylation sites is 1. The van der Waals surface area contributed by atoms with Crippen molar-refractivity contribution in [1.29, 1.82) is 0 Å². The Labute approximate surface area is 193 Å². The van der Waals surface area contributed by atoms with Gasteiger partial charge in [0.25, 0.3) is 0 Å². The van der Waals surface area contributed by atoms with E-state index < -0.39 is 6.09 Å². The van der Waals surface area contributed by atoms with Gasteiger partial charge in [-0.1, -0.05) is 38.5 Å². The monoisotopic (exact) mass is 453 g/mol. The second-order valence-electron chi connectivity index (χ2n) is 8.51. The van der Waals surface area contributed by atoms with E-state index in [0.29, 0.717) is 36.4 Å². The summed E-state index contributed by atoms with van der Waals surface area (Å²) < 4.78 is 7.62. The molecule has 1 saturated heterocycles. The molecule has 0 bridgehead atoms. The van der Waals surface area contributed by atoms with Crippen LogP contribution >= 0.6 is 0 Å². The van der Waals surface area contributed by atoms with Gasteiger partial charge in [-0.2, -0.15) is 19.6 Å². The molecular weight excluding hydrogens is 422 g/mol. The first-order valence-corrected chi connectivity index (χ1v) is 11.4. The van der Waals surface area contributed by atoms with E-state index in [1.54, 1.807) is 22.8 Å². The van der Waals surface area contributed by atoms with Crippen LogP contribution in [0.3, 0.4) is 0 Å². The van der Waals surface area contributed by atoms with Gasteiger partial charge in [-0.25, -0.2) is 4.79 Å². The molecule has 176 valence electrons. The first-order chi connectivity index (χ1) is 16.0. The number of hydrogen-bond acceptors (Lipinski definition) is 7. The zero-order valence-corrected chi connectivity index (χ0v) is 19.1. The standard InChI is InChI=1S/C23H31N7O3/c1-16(2)18-15-25-30-20(18)27-22(33-13-12-29-10-6-3-7-11-29)28-21(30)24-14-17-8-4-5-9-19(17)26-23(31)32/h4-5,8-9,15-16,26H,3,6-7,10-14H2,1-2H3,(H,31,32)(H,24,27,28). The number of amides is 1. The third-order valence-corrected chi connectivity index (χ3v) is 5.78. The molecule has 1 aliphatic rings. The number of nitrogens with one attached hydrogen (secondary N) is 2. The molecule has 10 nitrogen and oxygen atoms in total. The highest BCUT2D eigenvalue weighted by atomic mass is 16.5. The van der Waals surface area contributed by atoms with Crippen LogP contribution in [0.1, 0.15) is 50.2 Å². The Bertz CT molecular complexity index is 1090. The molecule has 1 amide bonds. The van der Waals surface area contributed by atoms with Crippen LogP contribution in [-0.4, -0.2) is 61.9 Å². The second-order valence-corrected chi connectivity index (χ2v) is 8.51. The molecule has 0 unspecified atom stereocenters. The van der Waals surface area contributed by atoms with Crippen LogP contribution in [0.15, 0.2) is 30.5 Å². The number of nitrogens with zero attached hydrogens (tertiary/aromatic N) is 5. The van der Waals surface area contributed by atoms with Crippen LogP contribution in [0.5, 0.6) is 6.01 Å². The molecule has 0 spiro atoms. The van der Waals surface area contributed by atoms with E-state index in [1.807, 2.05) is 12.1 Å². The van der Waals surface area contributed by atoms with E-state index in [9.17, 15) is 4.79 Å². The maximum absolute atomic E-state index is 11.1. The fourth-order valence-electron chi connectivity index (χ4n) is 4.00. The number of ether oxygens (including phenoxy) is 1. The van der Waals surface area contributed by atoms with Crippen molar-refractivity contribution in [3.05, 3.63) is 41.6 Å². The Kier molecular flexibility index (Phi) is 7.23. The van der Waals surface area contributed by atoms with Crippen molar-refractivity contribution in [2.24, 2.45) is 0 Å². The molecule has 33 heavy (non-hydrogen) atoms. The molecule has 3 aromatic rings. The minimum absolute atomic E-state index is 0.243. The number of carbonyl (C=O) groups is 1. The summed E-state index contributed by atoms with van der Waals surface area (Å²) in [5, 5.41) is 19.3. The second kappa shape index (κ2) is 10.5. The fraction of sp³-hybridized carbons (Fsp3) is 0.478. The molecule has 1 aromatic carbocycles. The summed E-state index contributed by atoms with van der Waals surface area (Å²) in [5.41, 5.74) is 3.02. The lowest BCUT2D eigenvalue weighted by Gasteiger charge is -2.25. The predicted octanol–water partition coefficient (Wildman–Crippen LogP) is 3.81. The van der Waals surface area contributed by atoms with Gasteiger partial charge in [0.05, 0.1) is 6.20 Å². The van der Waals surface area contributed by atoms with Crippen LogP contribution in [0.25, 0.3) is 5.65 Å². The number of anilines is 2. The van der Waals surface area contributed by atoms with Crippen molar-refractivity contribution in [1.82, 2.24) is 24.5 Å². The average molecular weight is 454 g/mol. The normalized spacial score (nSPS) is 14.5. The lowest BCUT2D eigenvalue weighted by atomic mass is 10.1. The lowest BCUT2D eigenvalue weighted by molar-refractivity contribution is 0.177. The molecule has 2 aromatic heterocycles. The van der Waals surface area contributed by atoms with Gasteiger partial charge in [0.1, 0.15) is 6.61 Å². The van der Waals surface area contributed by atoms with Crippen molar-refractivity contribution in [3.63, 3.8) is 0 Å². The summed E-state index contributed by atoms with van der Waals surface area (Å²) in [6.07, 6.45) is 4.48. The highest BCUT2D eigenvalue weighted by molar-refractivity contribution is 5.84. The quantitative estimate of drug-likeness (QED) is 0.448. The number of rotatable bonds is 9.